The van der Waals surface area contributed by atoms with Crippen LogP contribution in [-0.2, 0) is 9.59 Å². The topological polar surface area (TPSA) is 37.4 Å². The standard InChI is InChI=1S/C16H13Cl2NO2/c17-12-4-3-11(6-13(12)18)19-14(20)8-16(15(19)21)7-9-1-2-10(16)5-9/h1-4,6,9-10H,5,7-8H2/t9-,10+,16+/m1/s1. The molecule has 1 aromatic rings. The monoisotopic (exact) mass is 321 g/mol. The quantitative estimate of drug-likeness (QED) is 0.582. The molecule has 2 amide bonds. The molecule has 2 bridgehead atoms. The van der Waals surface area contributed by atoms with Gasteiger partial charge in [0.05, 0.1) is 21.1 Å². The largest absolute Gasteiger partial charge is 0.274 e. The van der Waals surface area contributed by atoms with Gasteiger partial charge >= 0.3 is 0 Å². The van der Waals surface area contributed by atoms with Crippen molar-refractivity contribution in [3.63, 3.8) is 0 Å². The van der Waals surface area contributed by atoms with Gasteiger partial charge in [-0.15, -0.1) is 0 Å². The third-order valence-electron chi connectivity index (χ3n) is 5.01. The summed E-state index contributed by atoms with van der Waals surface area (Å²) >= 11 is 11.9. The lowest BCUT2D eigenvalue weighted by atomic mass is 9.74. The van der Waals surface area contributed by atoms with Gasteiger partial charge in [0, 0.05) is 6.42 Å². The highest BCUT2D eigenvalue weighted by Gasteiger charge is 2.60. The molecule has 2 fully saturated rings. The fourth-order valence-electron chi connectivity index (χ4n) is 4.05. The van der Waals surface area contributed by atoms with E-state index >= 15 is 0 Å². The van der Waals surface area contributed by atoms with Gasteiger partial charge in [-0.3, -0.25) is 9.59 Å². The Kier molecular flexibility index (Phi) is 2.76. The zero-order chi connectivity index (χ0) is 14.8. The fourth-order valence-corrected chi connectivity index (χ4v) is 4.34. The molecular weight excluding hydrogens is 309 g/mol. The lowest BCUT2D eigenvalue weighted by molar-refractivity contribution is -0.126. The van der Waals surface area contributed by atoms with Crippen molar-refractivity contribution in [3.8, 4) is 0 Å². The van der Waals surface area contributed by atoms with Crippen LogP contribution in [-0.4, -0.2) is 11.8 Å². The molecular formula is C16H13Cl2NO2. The molecule has 2 aliphatic carbocycles. The number of imide groups is 1. The molecule has 5 heteroatoms. The first-order valence-electron chi connectivity index (χ1n) is 7.02. The minimum atomic E-state index is -0.525. The molecule has 4 rings (SSSR count). The van der Waals surface area contributed by atoms with Crippen LogP contribution in [0.4, 0.5) is 5.69 Å². The van der Waals surface area contributed by atoms with Gasteiger partial charge in [0.25, 0.3) is 0 Å². The number of halogens is 2. The van der Waals surface area contributed by atoms with E-state index in [4.69, 9.17) is 23.2 Å². The van der Waals surface area contributed by atoms with Crippen LogP contribution in [0.1, 0.15) is 19.3 Å². The van der Waals surface area contributed by atoms with Gasteiger partial charge in [-0.25, -0.2) is 4.90 Å². The van der Waals surface area contributed by atoms with E-state index in [9.17, 15) is 9.59 Å². The molecule has 1 saturated carbocycles. The van der Waals surface area contributed by atoms with Gasteiger partial charge in [-0.2, -0.15) is 0 Å². The van der Waals surface area contributed by atoms with Gasteiger partial charge in [-0.1, -0.05) is 35.4 Å². The van der Waals surface area contributed by atoms with Gasteiger partial charge in [-0.05, 0) is 42.9 Å². The van der Waals surface area contributed by atoms with E-state index in [-0.39, 0.29) is 17.7 Å². The van der Waals surface area contributed by atoms with Crippen LogP contribution in [0.25, 0.3) is 0 Å². The lowest BCUT2D eigenvalue weighted by Gasteiger charge is -2.28. The Balaban J connectivity index is 1.74. The van der Waals surface area contributed by atoms with E-state index in [0.29, 0.717) is 28.1 Å². The van der Waals surface area contributed by atoms with Crippen LogP contribution in [0.2, 0.25) is 10.0 Å². The van der Waals surface area contributed by atoms with Crippen molar-refractivity contribution in [2.45, 2.75) is 19.3 Å². The summed E-state index contributed by atoms with van der Waals surface area (Å²) in [4.78, 5) is 26.6. The number of amides is 2. The SMILES string of the molecule is O=C1C[C@]2(C[C@@H]3C=C[C@H]2C3)C(=O)N1c1ccc(Cl)c(Cl)c1. The summed E-state index contributed by atoms with van der Waals surface area (Å²) in [6.07, 6.45) is 6.37. The Bertz CT molecular complexity index is 700. The first kappa shape index (κ1) is 13.4. The van der Waals surface area contributed by atoms with Crippen LogP contribution < -0.4 is 4.90 Å². The third-order valence-corrected chi connectivity index (χ3v) is 5.75. The lowest BCUT2D eigenvalue weighted by Crippen LogP contribution is -2.38. The van der Waals surface area contributed by atoms with Crippen molar-refractivity contribution in [2.24, 2.45) is 17.3 Å². The number of carbonyl (C=O) groups excluding carboxylic acids is 2. The smallest absolute Gasteiger partial charge is 0.241 e. The van der Waals surface area contributed by atoms with Crippen LogP contribution in [0, 0.1) is 17.3 Å². The molecule has 3 nitrogen and oxygen atoms in total. The van der Waals surface area contributed by atoms with Crippen molar-refractivity contribution in [1.82, 2.24) is 0 Å². The summed E-state index contributed by atoms with van der Waals surface area (Å²) in [6.45, 7) is 0. The Labute approximate surface area is 132 Å². The van der Waals surface area contributed by atoms with Crippen LogP contribution in [0.5, 0.6) is 0 Å². The number of carbonyl (C=O) groups is 2. The van der Waals surface area contributed by atoms with E-state index in [1.165, 1.54) is 4.90 Å². The summed E-state index contributed by atoms with van der Waals surface area (Å²) in [5, 5.41) is 0.764. The van der Waals surface area contributed by atoms with Gasteiger partial charge < -0.3 is 0 Å². The molecule has 0 N–H and O–H groups in total. The van der Waals surface area contributed by atoms with E-state index in [0.717, 1.165) is 12.8 Å². The van der Waals surface area contributed by atoms with Crippen molar-refractivity contribution in [3.05, 3.63) is 40.4 Å². The summed E-state index contributed by atoms with van der Waals surface area (Å²) in [5.74, 6) is 0.425. The Hall–Kier alpha value is -1.32. The van der Waals surface area contributed by atoms with Crippen molar-refractivity contribution in [1.29, 1.82) is 0 Å². The van der Waals surface area contributed by atoms with Gasteiger partial charge in [0.2, 0.25) is 11.8 Å². The second kappa shape index (κ2) is 4.34. The normalized spacial score (nSPS) is 33.7. The van der Waals surface area contributed by atoms with Crippen LogP contribution in [0.15, 0.2) is 30.4 Å². The first-order chi connectivity index (χ1) is 10.0. The van der Waals surface area contributed by atoms with E-state index in [1.807, 2.05) is 0 Å². The molecule has 108 valence electrons. The minimum Gasteiger partial charge on any atom is -0.274 e. The molecule has 21 heavy (non-hydrogen) atoms. The number of allylic oxidation sites excluding steroid dienone is 2. The number of nitrogens with zero attached hydrogens (tertiary/aromatic N) is 1. The summed E-state index contributed by atoms with van der Waals surface area (Å²) in [6, 6.07) is 4.87. The van der Waals surface area contributed by atoms with E-state index in [1.54, 1.807) is 18.2 Å². The number of hydrogen-bond acceptors (Lipinski definition) is 2. The molecule has 1 saturated heterocycles. The summed E-state index contributed by atoms with van der Waals surface area (Å²) < 4.78 is 0. The van der Waals surface area contributed by atoms with Crippen molar-refractivity contribution < 1.29 is 9.59 Å². The third kappa shape index (κ3) is 1.74. The molecule has 1 spiro atoms. The second-order valence-corrected chi connectivity index (χ2v) is 6.97. The van der Waals surface area contributed by atoms with Crippen LogP contribution >= 0.6 is 23.2 Å². The number of anilines is 1. The molecule has 1 heterocycles. The van der Waals surface area contributed by atoms with Crippen LogP contribution in [0.3, 0.4) is 0 Å². The molecule has 1 aromatic carbocycles. The average molecular weight is 322 g/mol. The highest BCUT2D eigenvalue weighted by molar-refractivity contribution is 6.42. The second-order valence-electron chi connectivity index (χ2n) is 6.16. The summed E-state index contributed by atoms with van der Waals surface area (Å²) in [7, 11) is 0. The Morgan fingerprint density at radius 1 is 1.14 bits per heavy atom. The van der Waals surface area contributed by atoms with Crippen molar-refractivity contribution >= 4 is 40.7 Å². The Morgan fingerprint density at radius 3 is 2.57 bits per heavy atom. The first-order valence-corrected chi connectivity index (χ1v) is 7.78. The highest BCUT2D eigenvalue weighted by Crippen LogP contribution is 2.57. The molecule has 1 aliphatic heterocycles. The summed E-state index contributed by atoms with van der Waals surface area (Å²) in [5.41, 5.74) is -0.00849. The Morgan fingerprint density at radius 2 is 1.95 bits per heavy atom. The molecule has 3 atom stereocenters. The van der Waals surface area contributed by atoms with E-state index in [2.05, 4.69) is 12.2 Å². The maximum Gasteiger partial charge on any atom is 0.241 e. The number of fused-ring (bicyclic) bond motifs is 3. The zero-order valence-corrected chi connectivity index (χ0v) is 12.7. The molecule has 0 aromatic heterocycles. The highest BCUT2D eigenvalue weighted by atomic mass is 35.5. The molecule has 0 radical (unpaired) electrons. The molecule has 3 aliphatic rings. The molecule has 0 unspecified atom stereocenters. The van der Waals surface area contributed by atoms with Crippen molar-refractivity contribution in [2.75, 3.05) is 4.90 Å². The van der Waals surface area contributed by atoms with Gasteiger partial charge in [0.1, 0.15) is 0 Å². The van der Waals surface area contributed by atoms with E-state index < -0.39 is 5.41 Å². The number of hydrogen-bond donors (Lipinski definition) is 0. The predicted octanol–water partition coefficient (Wildman–Crippen LogP) is 3.84. The predicted molar refractivity (Wildman–Crippen MR) is 81.4 cm³/mol. The minimum absolute atomic E-state index is 0.0808. The maximum absolute atomic E-state index is 12.9. The maximum atomic E-state index is 12.9. The number of rotatable bonds is 1. The average Bonchev–Trinajstić information content (AvgIpc) is 3.09. The number of benzene rings is 1. The zero-order valence-electron chi connectivity index (χ0n) is 11.2. The van der Waals surface area contributed by atoms with Gasteiger partial charge in [0.15, 0.2) is 0 Å². The fraction of sp³-hybridized carbons (Fsp3) is 0.375.